The zero-order chi connectivity index (χ0) is 14.5. The van der Waals surface area contributed by atoms with E-state index in [1.165, 1.54) is 0 Å². The Labute approximate surface area is 125 Å². The monoisotopic (exact) mass is 293 g/mol. The molecular weight excluding hydrogens is 274 g/mol. The number of likely N-dealkylation sites (tertiary alicyclic amines) is 1. The Bertz CT molecular complexity index is 505. The van der Waals surface area contributed by atoms with Gasteiger partial charge in [0.25, 0.3) is 0 Å². The summed E-state index contributed by atoms with van der Waals surface area (Å²) in [5.74, 6) is 1.39. The molecule has 3 nitrogen and oxygen atoms in total. The van der Waals surface area contributed by atoms with Gasteiger partial charge in [-0.1, -0.05) is 30.7 Å². The molecule has 0 unspecified atom stereocenters. The highest BCUT2D eigenvalue weighted by Crippen LogP contribution is 2.28. The smallest absolute Gasteiger partial charge is 0.246 e. The molecule has 1 aliphatic heterocycles. The van der Waals surface area contributed by atoms with Crippen LogP contribution in [0.5, 0.6) is 5.75 Å². The second kappa shape index (κ2) is 6.80. The summed E-state index contributed by atoms with van der Waals surface area (Å²) < 4.78 is 5.16. The highest BCUT2D eigenvalue weighted by atomic mass is 35.5. The quantitative estimate of drug-likeness (QED) is 0.797. The number of piperidine rings is 1. The molecule has 0 radical (unpaired) electrons. The van der Waals surface area contributed by atoms with Crippen LogP contribution in [0.3, 0.4) is 0 Å². The third-order valence-electron chi connectivity index (χ3n) is 3.71. The first-order chi connectivity index (χ1) is 9.61. The van der Waals surface area contributed by atoms with E-state index in [-0.39, 0.29) is 5.91 Å². The summed E-state index contributed by atoms with van der Waals surface area (Å²) in [6.07, 6.45) is 5.51. The molecule has 0 aliphatic carbocycles. The first-order valence-electron chi connectivity index (χ1n) is 6.91. The van der Waals surface area contributed by atoms with Crippen molar-refractivity contribution < 1.29 is 9.53 Å². The van der Waals surface area contributed by atoms with Gasteiger partial charge >= 0.3 is 0 Å². The van der Waals surface area contributed by atoms with E-state index < -0.39 is 0 Å². The van der Waals surface area contributed by atoms with Gasteiger partial charge in [0.05, 0.1) is 12.1 Å². The molecule has 2 rings (SSSR count). The van der Waals surface area contributed by atoms with Gasteiger partial charge in [0.1, 0.15) is 5.75 Å². The van der Waals surface area contributed by atoms with E-state index in [1.54, 1.807) is 25.3 Å². The van der Waals surface area contributed by atoms with Crippen LogP contribution in [0.2, 0.25) is 5.02 Å². The number of hydrogen-bond donors (Lipinski definition) is 0. The molecule has 108 valence electrons. The summed E-state index contributed by atoms with van der Waals surface area (Å²) in [6, 6.07) is 5.53. The predicted molar refractivity (Wildman–Crippen MR) is 82.0 cm³/mol. The van der Waals surface area contributed by atoms with Crippen molar-refractivity contribution >= 4 is 23.6 Å². The Balaban J connectivity index is 2.04. The minimum absolute atomic E-state index is 0.0517. The van der Waals surface area contributed by atoms with Gasteiger partial charge in [-0.3, -0.25) is 4.79 Å². The molecule has 1 aliphatic rings. The molecule has 1 aromatic carbocycles. The second-order valence-electron chi connectivity index (χ2n) is 5.20. The number of ether oxygens (including phenoxy) is 1. The number of nitrogens with zero attached hydrogens (tertiary/aromatic N) is 1. The Hall–Kier alpha value is -1.48. The average Bonchev–Trinajstić information content (AvgIpc) is 2.46. The zero-order valence-corrected chi connectivity index (χ0v) is 12.7. The summed E-state index contributed by atoms with van der Waals surface area (Å²) in [5, 5.41) is 0.534. The highest BCUT2D eigenvalue weighted by molar-refractivity contribution is 6.33. The van der Waals surface area contributed by atoms with Gasteiger partial charge in [-0.2, -0.15) is 0 Å². The summed E-state index contributed by atoms with van der Waals surface area (Å²) in [6.45, 7) is 3.92. The van der Waals surface area contributed by atoms with E-state index in [0.717, 1.165) is 37.4 Å². The van der Waals surface area contributed by atoms with Gasteiger partial charge in [0.2, 0.25) is 5.91 Å². The van der Waals surface area contributed by atoms with Crippen molar-refractivity contribution in [3.8, 4) is 5.75 Å². The molecule has 4 heteroatoms. The van der Waals surface area contributed by atoms with Crippen molar-refractivity contribution in [3.05, 3.63) is 34.9 Å². The van der Waals surface area contributed by atoms with Crippen molar-refractivity contribution in [2.24, 2.45) is 5.92 Å². The van der Waals surface area contributed by atoms with Gasteiger partial charge < -0.3 is 9.64 Å². The fraction of sp³-hybridized carbons (Fsp3) is 0.438. The van der Waals surface area contributed by atoms with Crippen LogP contribution in [0.4, 0.5) is 0 Å². The van der Waals surface area contributed by atoms with Gasteiger partial charge in [0.15, 0.2) is 0 Å². The molecule has 0 bridgehead atoms. The fourth-order valence-electron chi connectivity index (χ4n) is 2.31. The average molecular weight is 294 g/mol. The molecule has 1 fully saturated rings. The number of methoxy groups -OCH3 is 1. The maximum absolute atomic E-state index is 12.1. The van der Waals surface area contributed by atoms with E-state index in [0.29, 0.717) is 10.8 Å². The van der Waals surface area contributed by atoms with Crippen molar-refractivity contribution in [2.75, 3.05) is 20.2 Å². The van der Waals surface area contributed by atoms with Gasteiger partial charge in [-0.15, -0.1) is 0 Å². The Morgan fingerprint density at radius 3 is 2.75 bits per heavy atom. The fourth-order valence-corrected chi connectivity index (χ4v) is 2.58. The standard InChI is InChI=1S/C16H20ClNO2/c1-12-8-10-18(11-9-12)15(19)7-6-13-4-3-5-14(20-2)16(13)17/h3-7,12H,8-11H2,1-2H3/b7-6+. The Morgan fingerprint density at radius 2 is 2.10 bits per heavy atom. The summed E-state index contributed by atoms with van der Waals surface area (Å²) in [4.78, 5) is 14.0. The first-order valence-corrected chi connectivity index (χ1v) is 7.29. The van der Waals surface area contributed by atoms with Crippen molar-refractivity contribution in [1.82, 2.24) is 4.90 Å². The van der Waals surface area contributed by atoms with E-state index in [9.17, 15) is 4.79 Å². The van der Waals surface area contributed by atoms with Crippen molar-refractivity contribution in [2.45, 2.75) is 19.8 Å². The lowest BCUT2D eigenvalue weighted by Gasteiger charge is -2.29. The molecule has 0 aromatic heterocycles. The lowest BCUT2D eigenvalue weighted by atomic mass is 9.99. The van der Waals surface area contributed by atoms with Crippen molar-refractivity contribution in [1.29, 1.82) is 0 Å². The number of halogens is 1. The molecular formula is C16H20ClNO2. The van der Waals surface area contributed by atoms with E-state index in [2.05, 4.69) is 6.92 Å². The summed E-state index contributed by atoms with van der Waals surface area (Å²) in [7, 11) is 1.58. The minimum Gasteiger partial charge on any atom is -0.495 e. The zero-order valence-electron chi connectivity index (χ0n) is 11.9. The van der Waals surface area contributed by atoms with E-state index >= 15 is 0 Å². The third-order valence-corrected chi connectivity index (χ3v) is 4.12. The number of benzene rings is 1. The maximum Gasteiger partial charge on any atom is 0.246 e. The molecule has 0 saturated carbocycles. The van der Waals surface area contributed by atoms with E-state index in [4.69, 9.17) is 16.3 Å². The van der Waals surface area contributed by atoms with Crippen LogP contribution in [-0.2, 0) is 4.79 Å². The van der Waals surface area contributed by atoms with Crippen LogP contribution in [0.25, 0.3) is 6.08 Å². The first kappa shape index (κ1) is 14.9. The maximum atomic E-state index is 12.1. The van der Waals surface area contributed by atoms with Gasteiger partial charge in [-0.25, -0.2) is 0 Å². The molecule has 20 heavy (non-hydrogen) atoms. The van der Waals surface area contributed by atoms with Gasteiger partial charge in [-0.05, 0) is 36.5 Å². The molecule has 0 N–H and O–H groups in total. The SMILES string of the molecule is COc1cccc(/C=C/C(=O)N2CCC(C)CC2)c1Cl. The molecule has 1 saturated heterocycles. The molecule has 1 aromatic rings. The van der Waals surface area contributed by atoms with Crippen LogP contribution in [0.15, 0.2) is 24.3 Å². The topological polar surface area (TPSA) is 29.5 Å². The Morgan fingerprint density at radius 1 is 1.40 bits per heavy atom. The highest BCUT2D eigenvalue weighted by Gasteiger charge is 2.18. The molecule has 0 spiro atoms. The summed E-state index contributed by atoms with van der Waals surface area (Å²) >= 11 is 6.20. The third kappa shape index (κ3) is 3.54. The molecule has 1 amide bonds. The number of rotatable bonds is 3. The minimum atomic E-state index is 0.0517. The molecule has 0 atom stereocenters. The molecule has 1 heterocycles. The van der Waals surface area contributed by atoms with Crippen molar-refractivity contribution in [3.63, 3.8) is 0 Å². The predicted octanol–water partition coefficient (Wildman–Crippen LogP) is 3.62. The number of carbonyl (C=O) groups is 1. The van der Waals surface area contributed by atoms with Crippen LogP contribution in [0, 0.1) is 5.92 Å². The second-order valence-corrected chi connectivity index (χ2v) is 5.58. The normalized spacial score (nSPS) is 16.6. The van der Waals surface area contributed by atoms with Crippen LogP contribution < -0.4 is 4.74 Å². The van der Waals surface area contributed by atoms with Crippen LogP contribution in [-0.4, -0.2) is 31.0 Å². The van der Waals surface area contributed by atoms with E-state index in [1.807, 2.05) is 17.0 Å². The van der Waals surface area contributed by atoms with Crippen LogP contribution >= 0.6 is 11.6 Å². The number of carbonyl (C=O) groups excluding carboxylic acids is 1. The number of hydrogen-bond acceptors (Lipinski definition) is 2. The largest absolute Gasteiger partial charge is 0.495 e. The lowest BCUT2D eigenvalue weighted by molar-refractivity contribution is -0.127. The van der Waals surface area contributed by atoms with Gasteiger partial charge in [0, 0.05) is 19.2 Å². The summed E-state index contributed by atoms with van der Waals surface area (Å²) in [5.41, 5.74) is 0.796. The lowest BCUT2D eigenvalue weighted by Crippen LogP contribution is -2.36. The number of amides is 1. The Kier molecular flexibility index (Phi) is 5.07. The van der Waals surface area contributed by atoms with Crippen LogP contribution in [0.1, 0.15) is 25.3 Å².